The van der Waals surface area contributed by atoms with Crippen molar-refractivity contribution in [2.24, 2.45) is 0 Å². The van der Waals surface area contributed by atoms with E-state index in [1.807, 2.05) is 49.4 Å². The van der Waals surface area contributed by atoms with Gasteiger partial charge in [-0.2, -0.15) is 0 Å². The van der Waals surface area contributed by atoms with Crippen molar-refractivity contribution in [1.29, 1.82) is 0 Å². The summed E-state index contributed by atoms with van der Waals surface area (Å²) in [5.74, 6) is 1.89. The normalized spacial score (nSPS) is 11.0. The molecule has 0 saturated heterocycles. The molecule has 1 heterocycles. The minimum absolute atomic E-state index is 0.0498. The highest BCUT2D eigenvalue weighted by Crippen LogP contribution is 2.19. The predicted molar refractivity (Wildman–Crippen MR) is 138 cm³/mol. The van der Waals surface area contributed by atoms with Crippen molar-refractivity contribution in [2.75, 3.05) is 13.2 Å². The highest BCUT2D eigenvalue weighted by atomic mass is 16.5. The number of hydrogen-bond acceptors (Lipinski definition) is 3. The van der Waals surface area contributed by atoms with Gasteiger partial charge >= 0.3 is 0 Å². The van der Waals surface area contributed by atoms with E-state index in [-0.39, 0.29) is 5.91 Å². The van der Waals surface area contributed by atoms with E-state index >= 15 is 0 Å². The molecule has 0 aliphatic rings. The number of ether oxygens (including phenoxy) is 1. The maximum absolute atomic E-state index is 12.5. The highest BCUT2D eigenvalue weighted by molar-refractivity contribution is 5.94. The molecule has 0 aliphatic carbocycles. The molecule has 176 valence electrons. The maximum Gasteiger partial charge on any atom is 0.251 e. The number of amides is 1. The smallest absolute Gasteiger partial charge is 0.251 e. The van der Waals surface area contributed by atoms with Gasteiger partial charge in [-0.15, -0.1) is 0 Å². The molecule has 0 aliphatic heterocycles. The first-order valence-electron chi connectivity index (χ1n) is 12.0. The van der Waals surface area contributed by atoms with Gasteiger partial charge in [0, 0.05) is 25.1 Å². The first-order valence-corrected chi connectivity index (χ1v) is 12.0. The van der Waals surface area contributed by atoms with Gasteiger partial charge in [0.2, 0.25) is 0 Å². The van der Waals surface area contributed by atoms with E-state index in [1.54, 1.807) is 0 Å². The number of imidazole rings is 1. The number of hydrogen-bond donors (Lipinski definition) is 1. The number of nitrogens with zero attached hydrogens (tertiary/aromatic N) is 2. The zero-order valence-corrected chi connectivity index (χ0v) is 20.3. The summed E-state index contributed by atoms with van der Waals surface area (Å²) in [4.78, 5) is 17.3. The van der Waals surface area contributed by atoms with E-state index in [2.05, 4.69) is 48.0 Å². The van der Waals surface area contributed by atoms with Gasteiger partial charge in [-0.25, -0.2) is 4.98 Å². The number of carbonyl (C=O) groups excluding carboxylic acids is 1. The van der Waals surface area contributed by atoms with Crippen LogP contribution in [0.2, 0.25) is 0 Å². The molecule has 1 N–H and O–H groups in total. The summed E-state index contributed by atoms with van der Waals surface area (Å²) in [6.07, 6.45) is 2.64. The summed E-state index contributed by atoms with van der Waals surface area (Å²) >= 11 is 0. The second-order valence-corrected chi connectivity index (χ2v) is 8.92. The average Bonchev–Trinajstić information content (AvgIpc) is 3.16. The van der Waals surface area contributed by atoms with Crippen LogP contribution in [0.15, 0.2) is 66.7 Å². The Morgan fingerprint density at radius 3 is 2.41 bits per heavy atom. The lowest BCUT2D eigenvalue weighted by Gasteiger charge is -2.11. The minimum Gasteiger partial charge on any atom is -0.494 e. The molecule has 3 aromatic carbocycles. The molecule has 0 bridgehead atoms. The Hall–Kier alpha value is -3.60. The molecule has 0 unspecified atom stereocenters. The molecule has 1 amide bonds. The maximum atomic E-state index is 12.5. The van der Waals surface area contributed by atoms with Crippen molar-refractivity contribution >= 4 is 16.9 Å². The van der Waals surface area contributed by atoms with Gasteiger partial charge in [0.15, 0.2) is 0 Å². The van der Waals surface area contributed by atoms with Gasteiger partial charge in [0.05, 0.1) is 17.6 Å². The molecule has 1 aromatic heterocycles. The van der Waals surface area contributed by atoms with Crippen LogP contribution in [-0.4, -0.2) is 28.6 Å². The standard InChI is InChI=1S/C29H33N3O2/c1-21-10-12-24(13-11-21)29(33)30-15-14-28-31-26-8-4-5-9-27(26)32(28)16-6-7-17-34-25-19-22(2)18-23(3)20-25/h4-5,8-13,18-20H,6-7,14-17H2,1-3H3,(H,30,33). The number of fused-ring (bicyclic) bond motifs is 1. The molecule has 5 heteroatoms. The van der Waals surface area contributed by atoms with Crippen molar-refractivity contribution in [3.8, 4) is 5.75 Å². The van der Waals surface area contributed by atoms with Gasteiger partial charge < -0.3 is 14.6 Å². The van der Waals surface area contributed by atoms with E-state index in [0.29, 0.717) is 25.1 Å². The van der Waals surface area contributed by atoms with Gasteiger partial charge in [-0.05, 0) is 81.1 Å². The lowest BCUT2D eigenvalue weighted by molar-refractivity contribution is 0.0954. The van der Waals surface area contributed by atoms with Crippen LogP contribution >= 0.6 is 0 Å². The fraction of sp³-hybridized carbons (Fsp3) is 0.310. The number of unbranched alkanes of at least 4 members (excludes halogenated alkanes) is 1. The zero-order chi connectivity index (χ0) is 23.9. The van der Waals surface area contributed by atoms with Crippen LogP contribution in [0.5, 0.6) is 5.75 Å². The van der Waals surface area contributed by atoms with Crippen LogP contribution in [0.4, 0.5) is 0 Å². The van der Waals surface area contributed by atoms with E-state index in [0.717, 1.165) is 47.6 Å². The second kappa shape index (κ2) is 11.0. The van der Waals surface area contributed by atoms with Crippen LogP contribution < -0.4 is 10.1 Å². The molecule has 0 saturated carbocycles. The quantitative estimate of drug-likeness (QED) is 0.308. The summed E-state index contributed by atoms with van der Waals surface area (Å²) in [6.45, 7) is 8.31. The van der Waals surface area contributed by atoms with Gasteiger partial charge in [0.1, 0.15) is 11.6 Å². The second-order valence-electron chi connectivity index (χ2n) is 8.92. The zero-order valence-electron chi connectivity index (χ0n) is 20.3. The van der Waals surface area contributed by atoms with Crippen molar-refractivity contribution in [2.45, 2.75) is 46.6 Å². The Kier molecular flexibility index (Phi) is 7.63. The number of carbonyl (C=O) groups is 1. The summed E-state index contributed by atoms with van der Waals surface area (Å²) in [7, 11) is 0. The Balaban J connectivity index is 1.33. The SMILES string of the molecule is Cc1ccc(C(=O)NCCc2nc3ccccc3n2CCCCOc2cc(C)cc(C)c2)cc1. The molecule has 5 nitrogen and oxygen atoms in total. The molecular formula is C29H33N3O2. The minimum atomic E-state index is -0.0498. The largest absolute Gasteiger partial charge is 0.494 e. The Morgan fingerprint density at radius 2 is 1.65 bits per heavy atom. The summed E-state index contributed by atoms with van der Waals surface area (Å²) in [5.41, 5.74) is 6.40. The van der Waals surface area contributed by atoms with E-state index in [9.17, 15) is 4.79 Å². The lowest BCUT2D eigenvalue weighted by Crippen LogP contribution is -2.26. The van der Waals surface area contributed by atoms with Gasteiger partial charge in [-0.1, -0.05) is 35.9 Å². The van der Waals surface area contributed by atoms with Crippen molar-refractivity contribution in [3.05, 3.63) is 94.8 Å². The number of para-hydroxylation sites is 2. The topological polar surface area (TPSA) is 56.2 Å². The van der Waals surface area contributed by atoms with Crippen LogP contribution in [0.3, 0.4) is 0 Å². The van der Waals surface area contributed by atoms with Crippen LogP contribution in [0.1, 0.15) is 45.7 Å². The van der Waals surface area contributed by atoms with Crippen LogP contribution in [0.25, 0.3) is 11.0 Å². The number of rotatable bonds is 10. The lowest BCUT2D eigenvalue weighted by atomic mass is 10.1. The monoisotopic (exact) mass is 455 g/mol. The fourth-order valence-corrected chi connectivity index (χ4v) is 4.24. The van der Waals surface area contributed by atoms with Gasteiger partial charge in [0.25, 0.3) is 5.91 Å². The summed E-state index contributed by atoms with van der Waals surface area (Å²) in [5, 5.41) is 3.03. The fourth-order valence-electron chi connectivity index (χ4n) is 4.24. The number of aromatic nitrogens is 2. The molecular weight excluding hydrogens is 422 g/mol. The predicted octanol–water partition coefficient (Wildman–Crippen LogP) is 5.79. The van der Waals surface area contributed by atoms with Crippen molar-refractivity contribution < 1.29 is 9.53 Å². The Labute approximate surface area is 201 Å². The molecule has 4 rings (SSSR count). The summed E-state index contributed by atoms with van der Waals surface area (Å²) in [6, 6.07) is 22.2. The third-order valence-electron chi connectivity index (χ3n) is 5.92. The van der Waals surface area contributed by atoms with Crippen molar-refractivity contribution in [1.82, 2.24) is 14.9 Å². The van der Waals surface area contributed by atoms with Crippen LogP contribution in [0, 0.1) is 20.8 Å². The average molecular weight is 456 g/mol. The number of nitrogens with one attached hydrogen (secondary N) is 1. The van der Waals surface area contributed by atoms with Crippen molar-refractivity contribution in [3.63, 3.8) is 0 Å². The molecule has 4 aromatic rings. The van der Waals surface area contributed by atoms with E-state index in [1.165, 1.54) is 11.1 Å². The first-order chi connectivity index (χ1) is 16.5. The van der Waals surface area contributed by atoms with E-state index < -0.39 is 0 Å². The third-order valence-corrected chi connectivity index (χ3v) is 5.92. The van der Waals surface area contributed by atoms with E-state index in [4.69, 9.17) is 9.72 Å². The third kappa shape index (κ3) is 6.04. The molecule has 34 heavy (non-hydrogen) atoms. The molecule has 0 fully saturated rings. The number of benzene rings is 3. The molecule has 0 atom stereocenters. The Bertz CT molecular complexity index is 1240. The number of aryl methyl sites for hydroxylation is 4. The highest BCUT2D eigenvalue weighted by Gasteiger charge is 2.11. The Morgan fingerprint density at radius 1 is 0.912 bits per heavy atom. The van der Waals surface area contributed by atoms with Gasteiger partial charge in [-0.3, -0.25) is 4.79 Å². The molecule has 0 radical (unpaired) electrons. The first kappa shape index (κ1) is 23.6. The summed E-state index contributed by atoms with van der Waals surface area (Å²) < 4.78 is 8.25. The van der Waals surface area contributed by atoms with Crippen LogP contribution in [-0.2, 0) is 13.0 Å². The molecule has 0 spiro atoms.